The smallest absolute Gasteiger partial charge is 0.257 e. The number of rotatable bonds is 4. The minimum absolute atomic E-state index is 0.0312. The Balaban J connectivity index is 1.71. The number of nitrogens with zero attached hydrogens (tertiary/aromatic N) is 4. The molecule has 1 aromatic carbocycles. The van der Waals surface area contributed by atoms with Crippen molar-refractivity contribution in [3.05, 3.63) is 65.6 Å². The third kappa shape index (κ3) is 3.30. The molecule has 4 rings (SSSR count). The van der Waals surface area contributed by atoms with Crippen molar-refractivity contribution in [2.24, 2.45) is 0 Å². The standard InChI is InChI=1S/C22H24N4O2/c1-14(2)20-24-21(28-25-20)18-10-7-13-26(18)22(27)19-15(3)23-12-11-17(19)16-8-5-4-6-9-16/h4-6,8-9,11-12,14,18H,7,10,13H2,1-3H3/t18-/m0/s1. The van der Waals surface area contributed by atoms with Gasteiger partial charge in [-0.15, -0.1) is 0 Å². The third-order valence-corrected chi connectivity index (χ3v) is 5.21. The van der Waals surface area contributed by atoms with Crippen LogP contribution in [0.5, 0.6) is 0 Å². The molecular formula is C22H24N4O2. The summed E-state index contributed by atoms with van der Waals surface area (Å²) in [5, 5.41) is 4.07. The van der Waals surface area contributed by atoms with E-state index in [0.717, 1.165) is 29.7 Å². The first kappa shape index (κ1) is 18.3. The van der Waals surface area contributed by atoms with Crippen molar-refractivity contribution >= 4 is 5.91 Å². The second-order valence-corrected chi connectivity index (χ2v) is 7.49. The minimum atomic E-state index is -0.185. The van der Waals surface area contributed by atoms with Crippen molar-refractivity contribution in [2.45, 2.75) is 45.6 Å². The van der Waals surface area contributed by atoms with Crippen LogP contribution in [0.2, 0.25) is 0 Å². The monoisotopic (exact) mass is 376 g/mol. The van der Waals surface area contributed by atoms with Gasteiger partial charge in [0.2, 0.25) is 5.89 Å². The number of aryl methyl sites for hydroxylation is 1. The van der Waals surface area contributed by atoms with Crippen LogP contribution in [0, 0.1) is 6.92 Å². The molecular weight excluding hydrogens is 352 g/mol. The first-order chi connectivity index (χ1) is 13.6. The lowest BCUT2D eigenvalue weighted by Gasteiger charge is -2.24. The Bertz CT molecular complexity index is 981. The van der Waals surface area contributed by atoms with E-state index in [-0.39, 0.29) is 17.9 Å². The maximum atomic E-state index is 13.6. The van der Waals surface area contributed by atoms with Gasteiger partial charge in [-0.05, 0) is 37.0 Å². The molecule has 6 heteroatoms. The Morgan fingerprint density at radius 2 is 2.00 bits per heavy atom. The highest BCUT2D eigenvalue weighted by atomic mass is 16.5. The number of benzene rings is 1. The van der Waals surface area contributed by atoms with Gasteiger partial charge in [0.1, 0.15) is 6.04 Å². The average Bonchev–Trinajstić information content (AvgIpc) is 3.37. The Labute approximate surface area is 164 Å². The van der Waals surface area contributed by atoms with Crippen LogP contribution in [0.4, 0.5) is 0 Å². The van der Waals surface area contributed by atoms with E-state index in [0.29, 0.717) is 23.8 Å². The van der Waals surface area contributed by atoms with Gasteiger partial charge in [-0.2, -0.15) is 4.98 Å². The van der Waals surface area contributed by atoms with E-state index in [1.165, 1.54) is 0 Å². The van der Waals surface area contributed by atoms with E-state index >= 15 is 0 Å². The Morgan fingerprint density at radius 1 is 1.21 bits per heavy atom. The fourth-order valence-corrected chi connectivity index (χ4v) is 3.72. The molecule has 0 saturated carbocycles. The molecule has 0 spiro atoms. The normalized spacial score (nSPS) is 16.7. The summed E-state index contributed by atoms with van der Waals surface area (Å²) < 4.78 is 5.50. The SMILES string of the molecule is Cc1nccc(-c2ccccc2)c1C(=O)N1CCC[C@H]1c1nc(C(C)C)no1. The lowest BCUT2D eigenvalue weighted by atomic mass is 9.98. The third-order valence-electron chi connectivity index (χ3n) is 5.21. The zero-order chi connectivity index (χ0) is 19.7. The lowest BCUT2D eigenvalue weighted by molar-refractivity contribution is 0.0709. The second-order valence-electron chi connectivity index (χ2n) is 7.49. The second kappa shape index (κ2) is 7.54. The fraction of sp³-hybridized carbons (Fsp3) is 0.364. The van der Waals surface area contributed by atoms with E-state index in [1.807, 2.05) is 62.1 Å². The summed E-state index contributed by atoms with van der Waals surface area (Å²) in [4.78, 5) is 24.4. The fourth-order valence-electron chi connectivity index (χ4n) is 3.72. The van der Waals surface area contributed by atoms with Gasteiger partial charge >= 0.3 is 0 Å². The topological polar surface area (TPSA) is 72.1 Å². The maximum absolute atomic E-state index is 13.6. The average molecular weight is 376 g/mol. The molecule has 1 aliphatic heterocycles. The zero-order valence-electron chi connectivity index (χ0n) is 16.4. The molecule has 0 bridgehead atoms. The van der Waals surface area contributed by atoms with Gasteiger partial charge in [0.25, 0.3) is 5.91 Å². The van der Waals surface area contributed by atoms with Crippen molar-refractivity contribution in [3.8, 4) is 11.1 Å². The molecule has 28 heavy (non-hydrogen) atoms. The van der Waals surface area contributed by atoms with Gasteiger partial charge in [0.15, 0.2) is 5.82 Å². The summed E-state index contributed by atoms with van der Waals surface area (Å²) in [7, 11) is 0. The summed E-state index contributed by atoms with van der Waals surface area (Å²) >= 11 is 0. The number of pyridine rings is 1. The molecule has 3 aromatic rings. The number of hydrogen-bond donors (Lipinski definition) is 0. The van der Waals surface area contributed by atoms with Gasteiger partial charge in [0, 0.05) is 18.7 Å². The first-order valence-electron chi connectivity index (χ1n) is 9.71. The van der Waals surface area contributed by atoms with Crippen LogP contribution >= 0.6 is 0 Å². The molecule has 1 amide bonds. The minimum Gasteiger partial charge on any atom is -0.337 e. The zero-order valence-corrected chi connectivity index (χ0v) is 16.4. The van der Waals surface area contributed by atoms with Crippen molar-refractivity contribution in [1.82, 2.24) is 20.0 Å². The first-order valence-corrected chi connectivity index (χ1v) is 9.71. The van der Waals surface area contributed by atoms with Gasteiger partial charge in [-0.25, -0.2) is 0 Å². The van der Waals surface area contributed by atoms with Gasteiger partial charge < -0.3 is 9.42 Å². The number of aromatic nitrogens is 3. The van der Waals surface area contributed by atoms with Gasteiger partial charge in [0.05, 0.1) is 11.3 Å². The number of carbonyl (C=O) groups is 1. The summed E-state index contributed by atoms with van der Waals surface area (Å²) in [5.74, 6) is 1.36. The van der Waals surface area contributed by atoms with Crippen molar-refractivity contribution in [1.29, 1.82) is 0 Å². The molecule has 144 valence electrons. The van der Waals surface area contributed by atoms with Gasteiger partial charge in [-0.1, -0.05) is 49.3 Å². The van der Waals surface area contributed by atoms with Crippen LogP contribution in [0.1, 0.15) is 66.4 Å². The van der Waals surface area contributed by atoms with Crippen molar-refractivity contribution < 1.29 is 9.32 Å². The van der Waals surface area contributed by atoms with Crippen LogP contribution in [0.3, 0.4) is 0 Å². The van der Waals surface area contributed by atoms with Gasteiger partial charge in [-0.3, -0.25) is 9.78 Å². The molecule has 0 N–H and O–H groups in total. The molecule has 0 aliphatic carbocycles. The molecule has 2 aromatic heterocycles. The lowest BCUT2D eigenvalue weighted by Crippen LogP contribution is -2.32. The molecule has 3 heterocycles. The highest BCUT2D eigenvalue weighted by Gasteiger charge is 2.36. The number of hydrogen-bond acceptors (Lipinski definition) is 5. The summed E-state index contributed by atoms with van der Waals surface area (Å²) in [5.41, 5.74) is 3.28. The number of amides is 1. The quantitative estimate of drug-likeness (QED) is 0.668. The highest BCUT2D eigenvalue weighted by Crippen LogP contribution is 2.35. The number of likely N-dealkylation sites (tertiary alicyclic amines) is 1. The van der Waals surface area contributed by atoms with Crippen LogP contribution in [0.25, 0.3) is 11.1 Å². The summed E-state index contributed by atoms with van der Waals surface area (Å²) in [6, 6.07) is 11.7. The molecule has 0 radical (unpaired) electrons. The summed E-state index contributed by atoms with van der Waals surface area (Å²) in [6.07, 6.45) is 3.49. The highest BCUT2D eigenvalue weighted by molar-refractivity contribution is 6.02. The summed E-state index contributed by atoms with van der Waals surface area (Å²) in [6.45, 7) is 6.61. The molecule has 6 nitrogen and oxygen atoms in total. The van der Waals surface area contributed by atoms with Crippen LogP contribution in [0.15, 0.2) is 47.1 Å². The molecule has 0 unspecified atom stereocenters. The van der Waals surface area contributed by atoms with E-state index in [1.54, 1.807) is 6.20 Å². The Morgan fingerprint density at radius 3 is 2.71 bits per heavy atom. The molecule has 1 atom stereocenters. The molecule has 1 aliphatic rings. The van der Waals surface area contributed by atoms with E-state index in [9.17, 15) is 4.79 Å². The van der Waals surface area contributed by atoms with E-state index in [2.05, 4.69) is 15.1 Å². The van der Waals surface area contributed by atoms with E-state index < -0.39 is 0 Å². The molecule has 1 saturated heterocycles. The maximum Gasteiger partial charge on any atom is 0.257 e. The number of carbonyl (C=O) groups excluding carboxylic acids is 1. The predicted octanol–water partition coefficient (Wildman–Crippen LogP) is 4.54. The Kier molecular flexibility index (Phi) is 4.94. The van der Waals surface area contributed by atoms with Crippen molar-refractivity contribution in [3.63, 3.8) is 0 Å². The van der Waals surface area contributed by atoms with Crippen LogP contribution in [-0.4, -0.2) is 32.5 Å². The van der Waals surface area contributed by atoms with E-state index in [4.69, 9.17) is 4.52 Å². The largest absolute Gasteiger partial charge is 0.337 e. The molecule has 1 fully saturated rings. The van der Waals surface area contributed by atoms with Crippen LogP contribution in [-0.2, 0) is 0 Å². The Hall–Kier alpha value is -3.02. The predicted molar refractivity (Wildman–Crippen MR) is 106 cm³/mol. The van der Waals surface area contributed by atoms with Crippen LogP contribution < -0.4 is 0 Å². The van der Waals surface area contributed by atoms with Crippen molar-refractivity contribution in [2.75, 3.05) is 6.54 Å².